The standard InChI is InChI=1S/C16H21NO4/c1-11(2)16(20)21-10-15(19)17-14(12(3)18)9-13-7-5-4-6-8-13/h4-8,11,14H,9-10H2,1-3H3,(H,17,19)/t14-/m1/s1. The van der Waals surface area contributed by atoms with Crippen molar-refractivity contribution < 1.29 is 19.1 Å². The minimum atomic E-state index is -0.613. The van der Waals surface area contributed by atoms with Gasteiger partial charge in [-0.2, -0.15) is 0 Å². The van der Waals surface area contributed by atoms with Gasteiger partial charge >= 0.3 is 5.97 Å². The van der Waals surface area contributed by atoms with Gasteiger partial charge < -0.3 is 10.1 Å². The Labute approximate surface area is 124 Å². The van der Waals surface area contributed by atoms with Crippen molar-refractivity contribution in [1.29, 1.82) is 0 Å². The highest BCUT2D eigenvalue weighted by Crippen LogP contribution is 2.04. The number of benzene rings is 1. The molecule has 0 spiro atoms. The normalized spacial score (nSPS) is 11.8. The molecule has 1 aromatic carbocycles. The van der Waals surface area contributed by atoms with Gasteiger partial charge in [0.25, 0.3) is 5.91 Å². The topological polar surface area (TPSA) is 72.5 Å². The Hall–Kier alpha value is -2.17. The third kappa shape index (κ3) is 6.21. The molecule has 0 saturated carbocycles. The van der Waals surface area contributed by atoms with E-state index in [4.69, 9.17) is 4.74 Å². The van der Waals surface area contributed by atoms with Gasteiger partial charge in [-0.1, -0.05) is 44.2 Å². The summed E-state index contributed by atoms with van der Waals surface area (Å²) in [6, 6.07) is 8.80. The average Bonchev–Trinajstić information content (AvgIpc) is 2.44. The van der Waals surface area contributed by atoms with Crippen LogP contribution in [0.2, 0.25) is 0 Å². The Morgan fingerprint density at radius 3 is 2.29 bits per heavy atom. The molecule has 0 aliphatic rings. The molecule has 0 unspecified atom stereocenters. The number of ketones is 1. The van der Waals surface area contributed by atoms with Crippen molar-refractivity contribution in [2.24, 2.45) is 5.92 Å². The second-order valence-electron chi connectivity index (χ2n) is 5.18. The maximum atomic E-state index is 11.7. The summed E-state index contributed by atoms with van der Waals surface area (Å²) < 4.78 is 4.83. The van der Waals surface area contributed by atoms with E-state index >= 15 is 0 Å². The maximum absolute atomic E-state index is 11.7. The molecule has 21 heavy (non-hydrogen) atoms. The first kappa shape index (κ1) is 16.9. The molecule has 1 aromatic rings. The molecule has 1 atom stereocenters. The Balaban J connectivity index is 2.53. The van der Waals surface area contributed by atoms with Crippen molar-refractivity contribution >= 4 is 17.7 Å². The lowest BCUT2D eigenvalue weighted by Crippen LogP contribution is -2.43. The first-order valence-electron chi connectivity index (χ1n) is 6.90. The van der Waals surface area contributed by atoms with Crippen LogP contribution in [0.4, 0.5) is 0 Å². The van der Waals surface area contributed by atoms with Crippen LogP contribution in [-0.4, -0.2) is 30.3 Å². The van der Waals surface area contributed by atoms with Gasteiger partial charge in [0, 0.05) is 0 Å². The molecule has 0 fully saturated rings. The molecule has 1 rings (SSSR count). The largest absolute Gasteiger partial charge is 0.455 e. The second-order valence-corrected chi connectivity index (χ2v) is 5.18. The predicted molar refractivity (Wildman–Crippen MR) is 78.6 cm³/mol. The fourth-order valence-corrected chi connectivity index (χ4v) is 1.69. The molecule has 0 saturated heterocycles. The van der Waals surface area contributed by atoms with Crippen LogP contribution in [0.15, 0.2) is 30.3 Å². The molecule has 114 valence electrons. The molecule has 5 heteroatoms. The first-order chi connectivity index (χ1) is 9.90. The fourth-order valence-electron chi connectivity index (χ4n) is 1.69. The highest BCUT2D eigenvalue weighted by Gasteiger charge is 2.19. The van der Waals surface area contributed by atoms with Gasteiger partial charge in [0.15, 0.2) is 12.4 Å². The summed E-state index contributed by atoms with van der Waals surface area (Å²) in [5.41, 5.74) is 0.956. The summed E-state index contributed by atoms with van der Waals surface area (Å²) in [6.45, 7) is 4.44. The van der Waals surface area contributed by atoms with E-state index in [2.05, 4.69) is 5.32 Å². The van der Waals surface area contributed by atoms with E-state index in [0.29, 0.717) is 6.42 Å². The van der Waals surface area contributed by atoms with Gasteiger partial charge in [-0.15, -0.1) is 0 Å². The van der Waals surface area contributed by atoms with E-state index in [-0.39, 0.29) is 18.3 Å². The summed E-state index contributed by atoms with van der Waals surface area (Å²) in [6.07, 6.45) is 0.417. The molecule has 0 aliphatic carbocycles. The molecule has 0 radical (unpaired) electrons. The SMILES string of the molecule is CC(=O)[C@@H](Cc1ccccc1)NC(=O)COC(=O)C(C)C. The van der Waals surface area contributed by atoms with E-state index in [1.54, 1.807) is 13.8 Å². The van der Waals surface area contributed by atoms with Gasteiger partial charge in [-0.05, 0) is 18.9 Å². The van der Waals surface area contributed by atoms with Gasteiger partial charge in [-0.25, -0.2) is 0 Å². The number of hydrogen-bond acceptors (Lipinski definition) is 4. The van der Waals surface area contributed by atoms with Crippen LogP contribution in [0.1, 0.15) is 26.3 Å². The molecule has 0 aliphatic heterocycles. The molecular weight excluding hydrogens is 270 g/mol. The van der Waals surface area contributed by atoms with Crippen LogP contribution in [0.5, 0.6) is 0 Å². The fraction of sp³-hybridized carbons (Fsp3) is 0.438. The van der Waals surface area contributed by atoms with Gasteiger partial charge in [-0.3, -0.25) is 14.4 Å². The number of amides is 1. The number of carbonyl (C=O) groups excluding carboxylic acids is 3. The van der Waals surface area contributed by atoms with Gasteiger partial charge in [0.2, 0.25) is 0 Å². The van der Waals surface area contributed by atoms with Crippen LogP contribution in [-0.2, 0) is 25.5 Å². The van der Waals surface area contributed by atoms with Crippen LogP contribution in [0.3, 0.4) is 0 Å². The van der Waals surface area contributed by atoms with Crippen LogP contribution in [0, 0.1) is 5.92 Å². The van der Waals surface area contributed by atoms with Crippen molar-refractivity contribution in [3.05, 3.63) is 35.9 Å². The van der Waals surface area contributed by atoms with Crippen molar-refractivity contribution in [3.8, 4) is 0 Å². The quantitative estimate of drug-likeness (QED) is 0.773. The molecule has 0 bridgehead atoms. The zero-order valence-corrected chi connectivity index (χ0v) is 12.6. The van der Waals surface area contributed by atoms with Crippen LogP contribution < -0.4 is 5.32 Å². The number of nitrogens with one attached hydrogen (secondary N) is 1. The van der Waals surface area contributed by atoms with Crippen molar-refractivity contribution in [1.82, 2.24) is 5.32 Å². The van der Waals surface area contributed by atoms with E-state index < -0.39 is 17.9 Å². The second kappa shape index (κ2) is 8.19. The Morgan fingerprint density at radius 2 is 1.76 bits per heavy atom. The number of Topliss-reactive ketones (excluding diaryl/α,β-unsaturated/α-hetero) is 1. The number of esters is 1. The molecule has 1 amide bonds. The number of ether oxygens (including phenoxy) is 1. The van der Waals surface area contributed by atoms with Crippen molar-refractivity contribution in [2.45, 2.75) is 33.2 Å². The highest BCUT2D eigenvalue weighted by molar-refractivity contribution is 5.88. The molecule has 1 N–H and O–H groups in total. The molecule has 5 nitrogen and oxygen atoms in total. The monoisotopic (exact) mass is 291 g/mol. The summed E-state index contributed by atoms with van der Waals surface area (Å²) in [5, 5.41) is 2.59. The number of rotatable bonds is 7. The van der Waals surface area contributed by atoms with Gasteiger partial charge in [0.05, 0.1) is 12.0 Å². The maximum Gasteiger partial charge on any atom is 0.308 e. The average molecular weight is 291 g/mol. The molecule has 0 heterocycles. The lowest BCUT2D eigenvalue weighted by molar-refractivity contribution is -0.151. The number of carbonyl (C=O) groups is 3. The van der Waals surface area contributed by atoms with Crippen molar-refractivity contribution in [2.75, 3.05) is 6.61 Å². The summed E-state index contributed by atoms with van der Waals surface area (Å²) >= 11 is 0. The van der Waals surface area contributed by atoms with Crippen LogP contribution in [0.25, 0.3) is 0 Å². The first-order valence-corrected chi connectivity index (χ1v) is 6.90. The van der Waals surface area contributed by atoms with E-state index in [1.807, 2.05) is 30.3 Å². The zero-order chi connectivity index (χ0) is 15.8. The molecular formula is C16H21NO4. The lowest BCUT2D eigenvalue weighted by atomic mass is 10.0. The van der Waals surface area contributed by atoms with E-state index in [0.717, 1.165) is 5.56 Å². The predicted octanol–water partition coefficient (Wildman–Crippen LogP) is 1.50. The summed E-state index contributed by atoms with van der Waals surface area (Å²) in [5.74, 6) is -1.33. The third-order valence-corrected chi connectivity index (χ3v) is 2.93. The minimum absolute atomic E-state index is 0.137. The smallest absolute Gasteiger partial charge is 0.308 e. The summed E-state index contributed by atoms with van der Waals surface area (Å²) in [4.78, 5) is 34.6. The third-order valence-electron chi connectivity index (χ3n) is 2.93. The Bertz CT molecular complexity index is 496. The molecule has 0 aromatic heterocycles. The van der Waals surface area contributed by atoms with Gasteiger partial charge in [0.1, 0.15) is 0 Å². The highest BCUT2D eigenvalue weighted by atomic mass is 16.5. The minimum Gasteiger partial charge on any atom is -0.455 e. The van der Waals surface area contributed by atoms with Crippen LogP contribution >= 0.6 is 0 Å². The Kier molecular flexibility index (Phi) is 6.59. The van der Waals surface area contributed by atoms with E-state index in [9.17, 15) is 14.4 Å². The van der Waals surface area contributed by atoms with E-state index in [1.165, 1.54) is 6.92 Å². The Morgan fingerprint density at radius 1 is 1.14 bits per heavy atom. The zero-order valence-electron chi connectivity index (χ0n) is 12.6. The summed E-state index contributed by atoms with van der Waals surface area (Å²) in [7, 11) is 0. The lowest BCUT2D eigenvalue weighted by Gasteiger charge is -2.16. The van der Waals surface area contributed by atoms with Crippen molar-refractivity contribution in [3.63, 3.8) is 0 Å². The number of hydrogen-bond donors (Lipinski definition) is 1.